The number of aromatic nitrogens is 2. The van der Waals surface area contributed by atoms with Crippen molar-refractivity contribution in [3.05, 3.63) is 33.1 Å². The van der Waals surface area contributed by atoms with Gasteiger partial charge in [-0.3, -0.25) is 42.4 Å². The summed E-state index contributed by atoms with van der Waals surface area (Å²) in [4.78, 5) is 83.9. The zero-order chi connectivity index (χ0) is 48.5. The summed E-state index contributed by atoms with van der Waals surface area (Å²) in [5, 5.41) is 61.7. The van der Waals surface area contributed by atoms with Crippen LogP contribution in [0.4, 0.5) is 0 Å². The molecule has 1 aromatic heterocycles. The van der Waals surface area contributed by atoms with Gasteiger partial charge in [-0.2, -0.15) is 0 Å². The van der Waals surface area contributed by atoms with Gasteiger partial charge in [-0.25, -0.2) is 9.11 Å². The van der Waals surface area contributed by atoms with Crippen LogP contribution in [0.1, 0.15) is 90.7 Å². The number of hydrogen-bond donors (Lipinski definition) is 10. The molecule has 3 heterocycles. The van der Waals surface area contributed by atoms with Crippen molar-refractivity contribution in [2.75, 3.05) is 54.0 Å². The first kappa shape index (κ1) is 67.4. The van der Waals surface area contributed by atoms with Gasteiger partial charge in [0.05, 0.1) is 13.2 Å². The zero-order valence-electron chi connectivity index (χ0n) is 39.0. The van der Waals surface area contributed by atoms with Gasteiger partial charge in [-0.15, -0.1) is 0 Å². The number of ether oxygens (including phenoxy) is 2. The predicted octanol–water partition coefficient (Wildman–Crippen LogP) is -8.83. The number of amides is 1. The molecular weight excluding hydrogens is 940 g/mol. The van der Waals surface area contributed by atoms with Gasteiger partial charge in [-0.1, -0.05) is 13.8 Å². The maximum atomic E-state index is 12.5. The third kappa shape index (κ3) is 26.0. The van der Waals surface area contributed by atoms with Crippen LogP contribution < -0.4 is 101 Å². The number of hydrogen-bond acceptors (Lipinski definition) is 22. The number of unbranched alkanes of at least 4 members (excludes halogenated alkanes) is 3. The second kappa shape index (κ2) is 36.3. The predicted molar refractivity (Wildman–Crippen MR) is 224 cm³/mol. The van der Waals surface area contributed by atoms with E-state index in [1.807, 2.05) is 32.9 Å². The Kier molecular flexibility index (Phi) is 37.1. The molecule has 2 fully saturated rings. The number of aromatic amines is 1. The second-order valence-electron chi connectivity index (χ2n) is 14.7. The summed E-state index contributed by atoms with van der Waals surface area (Å²) >= 11 is 0. The molecule has 1 amide bonds. The SMILES string of the molecule is CCC(=O)CCCCNC.CCC(=O)CCCCNC.CNCCCCC(=O)NC1[C@@H](OP(=O)([O-])OP(=O)([O-])OCC2OC(n3ccc(=O)[nH]c3=O)C(O)C2O)OC(CO)[C@H](O)[C@@H]1O.[Na+].[Na+]. The van der Waals surface area contributed by atoms with Gasteiger partial charge in [0, 0.05) is 44.4 Å². The molecule has 0 radical (unpaired) electrons. The number of rotatable bonds is 27. The van der Waals surface area contributed by atoms with E-state index in [2.05, 4.69) is 34.6 Å². The molecule has 8 unspecified atom stereocenters. The largest absolute Gasteiger partial charge is 1.00 e. The van der Waals surface area contributed by atoms with Crippen LogP contribution in [0.2, 0.25) is 0 Å². The maximum Gasteiger partial charge on any atom is 1.00 e. The van der Waals surface area contributed by atoms with Gasteiger partial charge in [0.2, 0.25) is 5.91 Å². The van der Waals surface area contributed by atoms with Crippen LogP contribution in [0.15, 0.2) is 21.9 Å². The minimum absolute atomic E-state index is 0. The molecule has 372 valence electrons. The number of phosphoric acid groups is 2. The van der Waals surface area contributed by atoms with Gasteiger partial charge in [0.1, 0.15) is 54.2 Å². The maximum absolute atomic E-state index is 12.5. The number of aliphatic hydroxyl groups is 5. The van der Waals surface area contributed by atoms with Crippen LogP contribution in [-0.4, -0.2) is 156 Å². The van der Waals surface area contributed by atoms with Gasteiger partial charge in [-0.05, 0) is 79.3 Å². The van der Waals surface area contributed by atoms with E-state index in [1.54, 1.807) is 7.05 Å². The Morgan fingerprint density at radius 2 is 1.26 bits per heavy atom. The van der Waals surface area contributed by atoms with Gasteiger partial charge in [0.15, 0.2) is 12.5 Å². The Labute approximate surface area is 428 Å². The molecule has 25 nitrogen and oxygen atoms in total. The topological polar surface area (TPSA) is 382 Å². The summed E-state index contributed by atoms with van der Waals surface area (Å²) in [5.74, 6) is 0.0726. The molecule has 2 aliphatic rings. The van der Waals surface area contributed by atoms with Crippen molar-refractivity contribution in [2.45, 2.75) is 140 Å². The number of ketones is 2. The molecule has 11 atom stereocenters. The molecule has 2 aliphatic heterocycles. The van der Waals surface area contributed by atoms with Crippen LogP contribution in [0.25, 0.3) is 0 Å². The molecule has 66 heavy (non-hydrogen) atoms. The quantitative estimate of drug-likeness (QED) is 0.0222. The van der Waals surface area contributed by atoms with Crippen LogP contribution in [-0.2, 0) is 46.3 Å². The van der Waals surface area contributed by atoms with E-state index in [-0.39, 0.29) is 65.5 Å². The molecule has 0 spiro atoms. The van der Waals surface area contributed by atoms with Crippen LogP contribution in [0, 0.1) is 0 Å². The summed E-state index contributed by atoms with van der Waals surface area (Å²) in [5.41, 5.74) is -1.79. The number of carbonyl (C=O) groups excluding carboxylic acids is 3. The average Bonchev–Trinajstić information content (AvgIpc) is 3.53. The average molecular weight is 1010 g/mol. The number of nitrogens with one attached hydrogen (secondary N) is 5. The van der Waals surface area contributed by atoms with E-state index >= 15 is 0 Å². The summed E-state index contributed by atoms with van der Waals surface area (Å²) < 4.78 is 49.1. The fourth-order valence-electron chi connectivity index (χ4n) is 5.95. The Balaban J connectivity index is 0. The second-order valence-corrected chi connectivity index (χ2v) is 17.6. The standard InChI is InChI=1S/C21H36N4O17P2.2C8H17NO.2Na/c1-22-6-3-2-4-12(27)23-14-17(31)15(29)10(8-26)40-20(14)41-44(36,37)42-43(34,35)38-9-11-16(30)18(32)19(39-11)25-7-5-13(28)24-21(25)33;2*1-3-8(10)6-4-5-7-9-2;;/h5,7,10-11,14-20,22,26,29-32H,2-4,6,8-9H2,1H3,(H,23,27)(H,34,35)(H,36,37)(H,24,28,33);2*9H,3-7H2,1-2H3;;/q;;;2*+1/p-2/t10?,11?,14?,15-,16?,17+,18?,19?,20+;;;;/m0..../s1. The van der Waals surface area contributed by atoms with Crippen molar-refractivity contribution in [1.82, 2.24) is 30.8 Å². The number of carbonyl (C=O) groups is 3. The van der Waals surface area contributed by atoms with E-state index in [0.717, 1.165) is 63.9 Å². The summed E-state index contributed by atoms with van der Waals surface area (Å²) in [6, 6.07) is -0.849. The third-order valence-electron chi connectivity index (χ3n) is 9.64. The van der Waals surface area contributed by atoms with Crippen molar-refractivity contribution in [1.29, 1.82) is 0 Å². The molecule has 0 aliphatic carbocycles. The Hall–Kier alpha value is -0.650. The first-order valence-electron chi connectivity index (χ1n) is 21.1. The molecule has 0 aromatic carbocycles. The first-order valence-corrected chi connectivity index (χ1v) is 24.0. The van der Waals surface area contributed by atoms with Gasteiger partial charge < -0.3 is 70.6 Å². The summed E-state index contributed by atoms with van der Waals surface area (Å²) in [7, 11) is -6.26. The Morgan fingerprint density at radius 3 is 1.73 bits per heavy atom. The molecule has 1 aromatic rings. The Bertz CT molecular complexity index is 1730. The number of H-pyrrole nitrogens is 1. The molecule has 3 rings (SSSR count). The molecule has 29 heteroatoms. The van der Waals surface area contributed by atoms with Crippen LogP contribution in [0.5, 0.6) is 0 Å². The number of phosphoric ester groups is 2. The normalized spacial score (nSPS) is 25.2. The number of aliphatic hydroxyl groups excluding tert-OH is 5. The van der Waals surface area contributed by atoms with Crippen molar-refractivity contribution in [2.24, 2.45) is 0 Å². The summed E-state index contributed by atoms with van der Waals surface area (Å²) in [6.45, 7) is 4.42. The number of Topliss-reactive ketones (excluding diaryl/α,β-unsaturated/α-hetero) is 2. The minimum atomic E-state index is -5.98. The monoisotopic (exact) mass is 1010 g/mol. The molecule has 0 bridgehead atoms. The smallest absolute Gasteiger partial charge is 0.756 e. The van der Waals surface area contributed by atoms with Gasteiger partial charge in [0.25, 0.3) is 21.2 Å². The number of nitrogens with zero attached hydrogens (tertiary/aromatic N) is 1. The van der Waals surface area contributed by atoms with Gasteiger partial charge >= 0.3 is 64.8 Å². The molecular formula is C37H68N6Na2O19P2. The third-order valence-corrected chi connectivity index (χ3v) is 12.2. The van der Waals surface area contributed by atoms with E-state index in [1.165, 1.54) is 0 Å². The van der Waals surface area contributed by atoms with Crippen molar-refractivity contribution in [3.8, 4) is 0 Å². The van der Waals surface area contributed by atoms with Crippen molar-refractivity contribution < 1.29 is 141 Å². The van der Waals surface area contributed by atoms with E-state index in [0.29, 0.717) is 48.4 Å². The molecule has 10 N–H and O–H groups in total. The first-order chi connectivity index (χ1) is 30.2. The Morgan fingerprint density at radius 1 is 0.758 bits per heavy atom. The summed E-state index contributed by atoms with van der Waals surface area (Å²) in [6.07, 6.45) is -5.36. The van der Waals surface area contributed by atoms with E-state index < -0.39 is 101 Å². The fraction of sp³-hybridized carbons (Fsp3) is 0.811. The van der Waals surface area contributed by atoms with Crippen molar-refractivity contribution >= 4 is 33.1 Å². The molecule has 2 saturated heterocycles. The van der Waals surface area contributed by atoms with E-state index in [9.17, 15) is 68.4 Å². The molecule has 0 saturated carbocycles. The van der Waals surface area contributed by atoms with Crippen LogP contribution in [0.3, 0.4) is 0 Å². The van der Waals surface area contributed by atoms with Crippen LogP contribution >= 0.6 is 15.6 Å². The minimum Gasteiger partial charge on any atom is -0.756 e. The van der Waals surface area contributed by atoms with E-state index in [4.69, 9.17) is 9.47 Å². The zero-order valence-corrected chi connectivity index (χ0v) is 44.7. The van der Waals surface area contributed by atoms with Crippen molar-refractivity contribution in [3.63, 3.8) is 0 Å². The fourth-order valence-corrected chi connectivity index (χ4v) is 8.04.